The van der Waals surface area contributed by atoms with Gasteiger partial charge in [0.2, 0.25) is 0 Å². The van der Waals surface area contributed by atoms with Crippen molar-refractivity contribution < 1.29 is 14.4 Å². The van der Waals surface area contributed by atoms with Gasteiger partial charge < -0.3 is 0 Å². The van der Waals surface area contributed by atoms with Gasteiger partial charge in [0.1, 0.15) is 0 Å². The van der Waals surface area contributed by atoms with Crippen molar-refractivity contribution in [3.63, 3.8) is 0 Å². The van der Waals surface area contributed by atoms with Crippen molar-refractivity contribution in [1.82, 2.24) is 10.2 Å². The van der Waals surface area contributed by atoms with Crippen LogP contribution in [0.25, 0.3) is 0 Å². The van der Waals surface area contributed by atoms with Crippen LogP contribution >= 0.6 is 22.6 Å². The van der Waals surface area contributed by atoms with Gasteiger partial charge in [0.05, 0.1) is 6.54 Å². The van der Waals surface area contributed by atoms with E-state index in [0.717, 1.165) is 16.0 Å². The van der Waals surface area contributed by atoms with Crippen molar-refractivity contribution in [2.45, 2.75) is 16.4 Å². The highest BCUT2D eigenvalue weighted by atomic mass is 127. The molecule has 5 nitrogen and oxygen atoms in total. The van der Waals surface area contributed by atoms with Crippen molar-refractivity contribution in [3.05, 3.63) is 71.8 Å². The number of alkyl halides is 1. The molecule has 0 aromatic heterocycles. The van der Waals surface area contributed by atoms with E-state index in [0.29, 0.717) is 0 Å². The normalized spacial score (nSPS) is 20.9. The molecule has 0 saturated carbocycles. The van der Waals surface area contributed by atoms with Gasteiger partial charge in [-0.2, -0.15) is 0 Å². The van der Waals surface area contributed by atoms with E-state index in [1.165, 1.54) is 0 Å². The van der Waals surface area contributed by atoms with Crippen molar-refractivity contribution in [2.24, 2.45) is 0 Å². The molecule has 2 aromatic carbocycles. The van der Waals surface area contributed by atoms with E-state index in [1.54, 1.807) is 0 Å². The Labute approximate surface area is 153 Å². The molecule has 4 amide bonds. The summed E-state index contributed by atoms with van der Waals surface area (Å²) in [6, 6.07) is 17.8. The number of carbonyl (C=O) groups is 3. The Morgan fingerprint density at radius 2 is 1.42 bits per heavy atom. The maximum atomic E-state index is 12.9. The molecule has 1 N–H and O–H groups in total. The van der Waals surface area contributed by atoms with E-state index in [4.69, 9.17) is 0 Å². The number of rotatable bonds is 4. The average molecular weight is 434 g/mol. The molecule has 2 aromatic rings. The lowest BCUT2D eigenvalue weighted by atomic mass is 9.95. The molecule has 1 heterocycles. The fourth-order valence-electron chi connectivity index (χ4n) is 2.61. The third-order valence-electron chi connectivity index (χ3n) is 3.88. The summed E-state index contributed by atoms with van der Waals surface area (Å²) in [6.07, 6.45) is 0.234. The van der Waals surface area contributed by atoms with E-state index >= 15 is 0 Å². The maximum absolute atomic E-state index is 12.9. The number of carbonyl (C=O) groups excluding carboxylic acids is 3. The van der Waals surface area contributed by atoms with Crippen LogP contribution < -0.4 is 5.32 Å². The number of nitrogens with one attached hydrogen (secondary N) is 1. The van der Waals surface area contributed by atoms with Gasteiger partial charge in [-0.05, 0) is 11.1 Å². The van der Waals surface area contributed by atoms with Crippen LogP contribution in [-0.2, 0) is 22.6 Å². The molecular weight excluding hydrogens is 419 g/mol. The zero-order valence-corrected chi connectivity index (χ0v) is 14.9. The summed E-state index contributed by atoms with van der Waals surface area (Å²) < 4.78 is -1.33. The van der Waals surface area contributed by atoms with Gasteiger partial charge in [0.25, 0.3) is 11.8 Å². The summed E-state index contributed by atoms with van der Waals surface area (Å²) in [5, 5.41) is 2.31. The molecular formula is C18H15IN2O3. The minimum absolute atomic E-state index is 0.137. The number of halogens is 1. The molecule has 1 saturated heterocycles. The minimum Gasteiger partial charge on any atom is -0.276 e. The van der Waals surface area contributed by atoms with Crippen LogP contribution in [0.2, 0.25) is 0 Å². The number of amides is 4. The molecule has 24 heavy (non-hydrogen) atoms. The first-order valence-electron chi connectivity index (χ1n) is 7.45. The summed E-state index contributed by atoms with van der Waals surface area (Å²) in [5.41, 5.74) is 1.69. The van der Waals surface area contributed by atoms with Gasteiger partial charge in [0.15, 0.2) is 3.42 Å². The van der Waals surface area contributed by atoms with Crippen LogP contribution in [0, 0.1) is 0 Å². The highest BCUT2D eigenvalue weighted by Gasteiger charge is 2.52. The minimum atomic E-state index is -1.33. The molecule has 6 heteroatoms. The fourth-order valence-corrected chi connectivity index (χ4v) is 3.48. The highest BCUT2D eigenvalue weighted by molar-refractivity contribution is 14.1. The Balaban J connectivity index is 1.88. The second-order valence-electron chi connectivity index (χ2n) is 5.60. The number of benzene rings is 2. The van der Waals surface area contributed by atoms with E-state index < -0.39 is 21.3 Å². The van der Waals surface area contributed by atoms with Gasteiger partial charge >= 0.3 is 6.03 Å². The standard InChI is InChI=1S/C18H15IN2O3/c19-18(11-13-7-3-1-4-8-13)15(22)20-17(24)21(16(18)23)12-14-9-5-2-6-10-14/h1-10H,11-12H2,(H,20,22,24). The molecule has 122 valence electrons. The van der Waals surface area contributed by atoms with Crippen molar-refractivity contribution in [1.29, 1.82) is 0 Å². The summed E-state index contributed by atoms with van der Waals surface area (Å²) >= 11 is 1.86. The average Bonchev–Trinajstić information content (AvgIpc) is 2.59. The predicted molar refractivity (Wildman–Crippen MR) is 97.4 cm³/mol. The first-order chi connectivity index (χ1) is 11.5. The first kappa shape index (κ1) is 16.6. The smallest absolute Gasteiger partial charge is 0.276 e. The lowest BCUT2D eigenvalue weighted by molar-refractivity contribution is -0.139. The van der Waals surface area contributed by atoms with Gasteiger partial charge in [-0.3, -0.25) is 19.8 Å². The zero-order valence-electron chi connectivity index (χ0n) is 12.7. The van der Waals surface area contributed by atoms with E-state index in [1.807, 2.05) is 83.3 Å². The van der Waals surface area contributed by atoms with Gasteiger partial charge in [-0.1, -0.05) is 83.3 Å². The monoisotopic (exact) mass is 434 g/mol. The first-order valence-corrected chi connectivity index (χ1v) is 8.53. The van der Waals surface area contributed by atoms with Crippen LogP contribution in [0.4, 0.5) is 4.79 Å². The molecule has 1 fully saturated rings. The summed E-state index contributed by atoms with van der Waals surface area (Å²) in [6.45, 7) is 0.137. The summed E-state index contributed by atoms with van der Waals surface area (Å²) in [7, 11) is 0. The van der Waals surface area contributed by atoms with E-state index in [9.17, 15) is 14.4 Å². The van der Waals surface area contributed by atoms with Crippen LogP contribution in [0.1, 0.15) is 11.1 Å². The molecule has 0 spiro atoms. The lowest BCUT2D eigenvalue weighted by Crippen LogP contribution is -2.65. The summed E-state index contributed by atoms with van der Waals surface area (Å²) in [4.78, 5) is 38.5. The van der Waals surface area contributed by atoms with Crippen molar-refractivity contribution in [3.8, 4) is 0 Å². The van der Waals surface area contributed by atoms with Crippen molar-refractivity contribution in [2.75, 3.05) is 0 Å². The molecule has 1 aliphatic rings. The molecule has 0 bridgehead atoms. The molecule has 0 aliphatic carbocycles. The lowest BCUT2D eigenvalue weighted by Gasteiger charge is -2.35. The number of urea groups is 1. The molecule has 3 rings (SSSR count). The topological polar surface area (TPSA) is 66.5 Å². The van der Waals surface area contributed by atoms with Gasteiger partial charge in [-0.15, -0.1) is 0 Å². The third kappa shape index (κ3) is 3.19. The molecule has 1 atom stereocenters. The summed E-state index contributed by atoms with van der Waals surface area (Å²) in [5.74, 6) is -1.05. The van der Waals surface area contributed by atoms with Gasteiger partial charge in [-0.25, -0.2) is 4.79 Å². The van der Waals surface area contributed by atoms with Gasteiger partial charge in [0, 0.05) is 6.42 Å². The van der Waals surface area contributed by atoms with Crippen LogP contribution in [0.3, 0.4) is 0 Å². The quantitative estimate of drug-likeness (QED) is 0.457. The van der Waals surface area contributed by atoms with Crippen LogP contribution in [0.15, 0.2) is 60.7 Å². The Morgan fingerprint density at radius 3 is 2.00 bits per heavy atom. The Bertz CT molecular complexity index is 779. The number of hydrogen-bond acceptors (Lipinski definition) is 3. The maximum Gasteiger partial charge on any atom is 0.331 e. The van der Waals surface area contributed by atoms with E-state index in [2.05, 4.69) is 5.32 Å². The SMILES string of the molecule is O=C1NC(=O)C(I)(Cc2ccccc2)C(=O)N1Cc1ccccc1. The second kappa shape index (κ2) is 6.72. The van der Waals surface area contributed by atoms with Crippen molar-refractivity contribution >= 4 is 40.4 Å². The van der Waals surface area contributed by atoms with Crippen LogP contribution in [-0.4, -0.2) is 26.2 Å². The third-order valence-corrected chi connectivity index (χ3v) is 5.22. The Hall–Kier alpha value is -2.22. The molecule has 1 aliphatic heterocycles. The second-order valence-corrected chi connectivity index (χ2v) is 7.44. The number of nitrogens with zero attached hydrogens (tertiary/aromatic N) is 1. The predicted octanol–water partition coefficient (Wildman–Crippen LogP) is 2.68. The van der Waals surface area contributed by atoms with Crippen LogP contribution in [0.5, 0.6) is 0 Å². The molecule has 1 unspecified atom stereocenters. The van der Waals surface area contributed by atoms with E-state index in [-0.39, 0.29) is 13.0 Å². The highest BCUT2D eigenvalue weighted by Crippen LogP contribution is 2.31. The molecule has 0 radical (unpaired) electrons. The number of barbiturate groups is 1. The fraction of sp³-hybridized carbons (Fsp3) is 0.167. The Kier molecular flexibility index (Phi) is 4.66. The Morgan fingerprint density at radius 1 is 0.875 bits per heavy atom. The zero-order chi connectivity index (χ0) is 17.2. The number of hydrogen-bond donors (Lipinski definition) is 1. The number of imide groups is 2. The largest absolute Gasteiger partial charge is 0.331 e.